The monoisotopic (exact) mass is 462 g/mol. The number of methoxy groups -OCH3 is 1. The van der Waals surface area contributed by atoms with E-state index in [0.717, 1.165) is 15.8 Å². The van der Waals surface area contributed by atoms with Crippen molar-refractivity contribution in [2.24, 2.45) is 0 Å². The van der Waals surface area contributed by atoms with Crippen LogP contribution >= 0.6 is 15.9 Å². The fourth-order valence-electron chi connectivity index (χ4n) is 3.42. The number of likely N-dealkylation sites (tertiary alicyclic amines) is 1. The average Bonchev–Trinajstić information content (AvgIpc) is 2.73. The summed E-state index contributed by atoms with van der Waals surface area (Å²) in [7, 11) is 1.62. The number of hydrogen-bond acceptors (Lipinski definition) is 3. The zero-order chi connectivity index (χ0) is 20.8. The number of aryl methyl sites for hydroxylation is 1. The lowest BCUT2D eigenvalue weighted by atomic mass is 10.0. The second-order valence-electron chi connectivity index (χ2n) is 7.10. The Kier molecular flexibility index (Phi) is 7.25. The van der Waals surface area contributed by atoms with Crippen molar-refractivity contribution in [3.8, 4) is 5.75 Å². The van der Waals surface area contributed by atoms with E-state index in [0.29, 0.717) is 44.3 Å². The molecule has 1 heterocycles. The SMILES string of the molecule is COc1ccc(CCC(=O)N2CCC(NC(=O)c3ccc(F)cc3)CC2)cc1Br. The van der Waals surface area contributed by atoms with Gasteiger partial charge in [0.1, 0.15) is 11.6 Å². The van der Waals surface area contributed by atoms with Crippen LogP contribution in [0.4, 0.5) is 4.39 Å². The highest BCUT2D eigenvalue weighted by molar-refractivity contribution is 9.10. The Morgan fingerprint density at radius 2 is 1.86 bits per heavy atom. The maximum Gasteiger partial charge on any atom is 0.251 e. The van der Waals surface area contributed by atoms with Crippen LogP contribution in [-0.2, 0) is 11.2 Å². The molecule has 0 saturated carbocycles. The fraction of sp³-hybridized carbons (Fsp3) is 0.364. The van der Waals surface area contributed by atoms with E-state index in [1.807, 2.05) is 23.1 Å². The molecule has 1 fully saturated rings. The molecule has 0 aromatic heterocycles. The van der Waals surface area contributed by atoms with E-state index in [9.17, 15) is 14.0 Å². The van der Waals surface area contributed by atoms with Crippen molar-refractivity contribution in [2.45, 2.75) is 31.7 Å². The summed E-state index contributed by atoms with van der Waals surface area (Å²) in [5.74, 6) is 0.320. The Morgan fingerprint density at radius 1 is 1.17 bits per heavy atom. The van der Waals surface area contributed by atoms with Gasteiger partial charge in [0.2, 0.25) is 5.91 Å². The first-order valence-corrected chi connectivity index (χ1v) is 10.4. The number of nitrogens with one attached hydrogen (secondary N) is 1. The minimum Gasteiger partial charge on any atom is -0.496 e. The van der Waals surface area contributed by atoms with Crippen molar-refractivity contribution < 1.29 is 18.7 Å². The second-order valence-corrected chi connectivity index (χ2v) is 7.96. The molecule has 2 amide bonds. The van der Waals surface area contributed by atoms with E-state index in [1.165, 1.54) is 24.3 Å². The highest BCUT2D eigenvalue weighted by Crippen LogP contribution is 2.26. The molecule has 0 bridgehead atoms. The molecule has 5 nitrogen and oxygen atoms in total. The molecule has 7 heteroatoms. The topological polar surface area (TPSA) is 58.6 Å². The summed E-state index contributed by atoms with van der Waals surface area (Å²) in [6, 6.07) is 11.3. The highest BCUT2D eigenvalue weighted by atomic mass is 79.9. The third kappa shape index (κ3) is 5.79. The Bertz CT molecular complexity index is 865. The van der Waals surface area contributed by atoms with Crippen LogP contribution in [0.1, 0.15) is 35.2 Å². The van der Waals surface area contributed by atoms with Gasteiger partial charge in [-0.1, -0.05) is 6.07 Å². The summed E-state index contributed by atoms with van der Waals surface area (Å²) in [6.45, 7) is 1.25. The molecular formula is C22H24BrFN2O3. The van der Waals surface area contributed by atoms with E-state index >= 15 is 0 Å². The van der Waals surface area contributed by atoms with Crippen molar-refractivity contribution in [3.63, 3.8) is 0 Å². The number of piperidine rings is 1. The predicted octanol–water partition coefficient (Wildman–Crippen LogP) is 3.95. The Hall–Kier alpha value is -2.41. The molecule has 2 aromatic rings. The molecule has 0 spiro atoms. The smallest absolute Gasteiger partial charge is 0.251 e. The number of hydrogen-bond donors (Lipinski definition) is 1. The maximum atomic E-state index is 13.0. The van der Waals surface area contributed by atoms with Crippen molar-refractivity contribution in [1.29, 1.82) is 0 Å². The first kappa shape index (κ1) is 21.3. The normalized spacial score (nSPS) is 14.5. The number of amides is 2. The molecule has 0 radical (unpaired) electrons. The fourth-order valence-corrected chi connectivity index (χ4v) is 4.01. The van der Waals surface area contributed by atoms with Crippen LogP contribution in [0, 0.1) is 5.82 Å². The molecule has 3 rings (SSSR count). The molecule has 1 aliphatic heterocycles. The number of rotatable bonds is 6. The van der Waals surface area contributed by atoms with Crippen LogP contribution in [0.15, 0.2) is 46.9 Å². The Balaban J connectivity index is 1.43. The quantitative estimate of drug-likeness (QED) is 0.706. The molecule has 2 aromatic carbocycles. The molecular weight excluding hydrogens is 439 g/mol. The molecule has 0 atom stereocenters. The minimum atomic E-state index is -0.365. The number of halogens is 2. The minimum absolute atomic E-state index is 0.0224. The summed E-state index contributed by atoms with van der Waals surface area (Å²) in [6.07, 6.45) is 2.55. The summed E-state index contributed by atoms with van der Waals surface area (Å²) < 4.78 is 19.1. The van der Waals surface area contributed by atoms with Crippen molar-refractivity contribution in [1.82, 2.24) is 10.2 Å². The van der Waals surface area contributed by atoms with Gasteiger partial charge in [0, 0.05) is 31.1 Å². The first-order valence-electron chi connectivity index (χ1n) is 9.63. The van der Waals surface area contributed by atoms with Crippen molar-refractivity contribution in [3.05, 3.63) is 63.9 Å². The van der Waals surface area contributed by atoms with Gasteiger partial charge < -0.3 is 15.0 Å². The van der Waals surface area contributed by atoms with Crippen molar-refractivity contribution >= 4 is 27.7 Å². The number of nitrogens with zero attached hydrogens (tertiary/aromatic N) is 1. The van der Waals surface area contributed by atoms with Gasteiger partial charge in [0.05, 0.1) is 11.6 Å². The third-order valence-electron chi connectivity index (χ3n) is 5.13. The standard InChI is InChI=1S/C22H24BrFN2O3/c1-29-20-8-2-15(14-19(20)23)3-9-21(27)26-12-10-18(11-13-26)25-22(28)16-4-6-17(24)7-5-16/h2,4-8,14,18H,3,9-13H2,1H3,(H,25,28). The summed E-state index contributed by atoms with van der Waals surface area (Å²) in [5.41, 5.74) is 1.52. The number of carbonyl (C=O) groups is 2. The third-order valence-corrected chi connectivity index (χ3v) is 5.75. The molecule has 154 valence electrons. The van der Waals surface area contributed by atoms with Crippen LogP contribution in [0.5, 0.6) is 5.75 Å². The van der Waals surface area contributed by atoms with Crippen LogP contribution in [0.3, 0.4) is 0 Å². The lowest BCUT2D eigenvalue weighted by Crippen LogP contribution is -2.46. The van der Waals surface area contributed by atoms with Crippen molar-refractivity contribution in [2.75, 3.05) is 20.2 Å². The largest absolute Gasteiger partial charge is 0.496 e. The van der Waals surface area contributed by atoms with E-state index in [4.69, 9.17) is 4.74 Å². The van der Waals surface area contributed by atoms with Crippen LogP contribution in [-0.4, -0.2) is 43.0 Å². The lowest BCUT2D eigenvalue weighted by Gasteiger charge is -2.32. The summed E-state index contributed by atoms with van der Waals surface area (Å²) in [5, 5.41) is 2.97. The van der Waals surface area contributed by atoms with Gasteiger partial charge in [-0.05, 0) is 77.2 Å². The van der Waals surface area contributed by atoms with Gasteiger partial charge in [-0.25, -0.2) is 4.39 Å². The molecule has 1 N–H and O–H groups in total. The first-order chi connectivity index (χ1) is 14.0. The van der Waals surface area contributed by atoms with E-state index < -0.39 is 0 Å². The van der Waals surface area contributed by atoms with Gasteiger partial charge in [0.15, 0.2) is 0 Å². The lowest BCUT2D eigenvalue weighted by molar-refractivity contribution is -0.132. The van der Waals surface area contributed by atoms with E-state index in [-0.39, 0.29) is 23.7 Å². The van der Waals surface area contributed by atoms with E-state index in [1.54, 1.807) is 7.11 Å². The van der Waals surface area contributed by atoms with Gasteiger partial charge >= 0.3 is 0 Å². The van der Waals surface area contributed by atoms with Crippen LogP contribution in [0.2, 0.25) is 0 Å². The summed E-state index contributed by atoms with van der Waals surface area (Å²) in [4.78, 5) is 26.6. The predicted molar refractivity (Wildman–Crippen MR) is 112 cm³/mol. The number of ether oxygens (including phenoxy) is 1. The van der Waals surface area contributed by atoms with Crippen LogP contribution in [0.25, 0.3) is 0 Å². The maximum absolute atomic E-state index is 13.0. The molecule has 1 aliphatic rings. The summed E-state index contributed by atoms with van der Waals surface area (Å²) >= 11 is 3.46. The van der Waals surface area contributed by atoms with E-state index in [2.05, 4.69) is 21.2 Å². The average molecular weight is 463 g/mol. The Labute approximate surface area is 178 Å². The molecule has 0 aliphatic carbocycles. The highest BCUT2D eigenvalue weighted by Gasteiger charge is 2.24. The zero-order valence-electron chi connectivity index (χ0n) is 16.3. The molecule has 1 saturated heterocycles. The zero-order valence-corrected chi connectivity index (χ0v) is 17.9. The Morgan fingerprint density at radius 3 is 2.48 bits per heavy atom. The van der Waals surface area contributed by atoms with Gasteiger partial charge in [-0.3, -0.25) is 9.59 Å². The number of benzene rings is 2. The number of carbonyl (C=O) groups excluding carboxylic acids is 2. The molecule has 0 unspecified atom stereocenters. The molecule has 29 heavy (non-hydrogen) atoms. The van der Waals surface area contributed by atoms with Gasteiger partial charge in [-0.2, -0.15) is 0 Å². The van der Waals surface area contributed by atoms with Crippen LogP contribution < -0.4 is 10.1 Å². The van der Waals surface area contributed by atoms with Gasteiger partial charge in [-0.15, -0.1) is 0 Å². The van der Waals surface area contributed by atoms with Gasteiger partial charge in [0.25, 0.3) is 5.91 Å². The second kappa shape index (κ2) is 9.87.